The van der Waals surface area contributed by atoms with Gasteiger partial charge in [0, 0.05) is 26.3 Å². The second-order valence-electron chi connectivity index (χ2n) is 4.69. The van der Waals surface area contributed by atoms with Gasteiger partial charge in [-0.15, -0.1) is 0 Å². The molecule has 2 N–H and O–H groups in total. The van der Waals surface area contributed by atoms with Crippen LogP contribution in [0.15, 0.2) is 47.6 Å². The average Bonchev–Trinajstić information content (AvgIpc) is 2.51. The Labute approximate surface area is 130 Å². The first-order chi connectivity index (χ1) is 10.2. The van der Waals surface area contributed by atoms with Gasteiger partial charge in [-0.25, -0.2) is 4.98 Å². The summed E-state index contributed by atoms with van der Waals surface area (Å²) in [5, 5.41) is 7.05. The summed E-state index contributed by atoms with van der Waals surface area (Å²) in [6.45, 7) is 3.50. The zero-order chi connectivity index (χ0) is 15.1. The first-order valence-electron chi connectivity index (χ1n) is 6.78. The Kier molecular flexibility index (Phi) is 5.58. The molecule has 2 rings (SSSR count). The van der Waals surface area contributed by atoms with E-state index in [2.05, 4.69) is 39.7 Å². The lowest BCUT2D eigenvalue weighted by Crippen LogP contribution is -2.36. The molecule has 110 valence electrons. The van der Waals surface area contributed by atoms with Gasteiger partial charge in [0.25, 0.3) is 0 Å². The highest BCUT2D eigenvalue weighted by molar-refractivity contribution is 6.29. The quantitative estimate of drug-likeness (QED) is 0.519. The predicted molar refractivity (Wildman–Crippen MR) is 87.5 cm³/mol. The van der Waals surface area contributed by atoms with Gasteiger partial charge in [-0.05, 0) is 29.7 Å². The molecule has 0 saturated heterocycles. The monoisotopic (exact) mass is 302 g/mol. The van der Waals surface area contributed by atoms with Gasteiger partial charge in [0.1, 0.15) is 5.15 Å². The summed E-state index contributed by atoms with van der Waals surface area (Å²) in [5.41, 5.74) is 3.58. The molecule has 0 fully saturated rings. The predicted octanol–water partition coefficient (Wildman–Crippen LogP) is 2.91. The van der Waals surface area contributed by atoms with E-state index in [4.69, 9.17) is 11.6 Å². The summed E-state index contributed by atoms with van der Waals surface area (Å²) in [5.74, 6) is 0.758. The number of nitrogens with one attached hydrogen (secondary N) is 2. The molecule has 1 aromatic heterocycles. The Balaban J connectivity index is 1.86. The van der Waals surface area contributed by atoms with Gasteiger partial charge in [-0.3, -0.25) is 4.99 Å². The van der Waals surface area contributed by atoms with Crippen molar-refractivity contribution in [3.05, 3.63) is 64.4 Å². The number of aromatic nitrogens is 1. The average molecular weight is 303 g/mol. The van der Waals surface area contributed by atoms with Crippen molar-refractivity contribution < 1.29 is 0 Å². The van der Waals surface area contributed by atoms with Crippen LogP contribution in [0.3, 0.4) is 0 Å². The van der Waals surface area contributed by atoms with Crippen molar-refractivity contribution in [2.24, 2.45) is 4.99 Å². The first kappa shape index (κ1) is 15.3. The number of aryl methyl sites for hydroxylation is 1. The lowest BCUT2D eigenvalue weighted by Gasteiger charge is -2.13. The third-order valence-corrected chi connectivity index (χ3v) is 3.40. The lowest BCUT2D eigenvalue weighted by atomic mass is 10.1. The number of nitrogens with zero attached hydrogens (tertiary/aromatic N) is 2. The van der Waals surface area contributed by atoms with Crippen LogP contribution in [0.2, 0.25) is 5.15 Å². The zero-order valence-electron chi connectivity index (χ0n) is 12.2. The number of benzene rings is 1. The Morgan fingerprint density at radius 1 is 1.14 bits per heavy atom. The van der Waals surface area contributed by atoms with Crippen LogP contribution >= 0.6 is 11.6 Å². The van der Waals surface area contributed by atoms with Gasteiger partial charge >= 0.3 is 0 Å². The van der Waals surface area contributed by atoms with Crippen molar-refractivity contribution in [1.29, 1.82) is 0 Å². The summed E-state index contributed by atoms with van der Waals surface area (Å²) in [7, 11) is 1.76. The third kappa shape index (κ3) is 4.76. The number of guanidine groups is 1. The van der Waals surface area contributed by atoms with Crippen molar-refractivity contribution in [2.75, 3.05) is 7.05 Å². The fraction of sp³-hybridized carbons (Fsp3) is 0.250. The third-order valence-electron chi connectivity index (χ3n) is 3.18. The maximum absolute atomic E-state index is 5.77. The van der Waals surface area contributed by atoms with Crippen molar-refractivity contribution in [3.63, 3.8) is 0 Å². The number of aliphatic imine (C=N–C) groups is 1. The van der Waals surface area contributed by atoms with Gasteiger partial charge in [0.15, 0.2) is 5.96 Å². The van der Waals surface area contributed by atoms with Crippen LogP contribution in [0.4, 0.5) is 0 Å². The molecule has 0 amide bonds. The molecule has 4 nitrogen and oxygen atoms in total. The summed E-state index contributed by atoms with van der Waals surface area (Å²) in [4.78, 5) is 8.27. The molecule has 1 aromatic carbocycles. The van der Waals surface area contributed by atoms with E-state index >= 15 is 0 Å². The minimum atomic E-state index is 0.501. The van der Waals surface area contributed by atoms with E-state index in [-0.39, 0.29) is 0 Å². The van der Waals surface area contributed by atoms with Crippen LogP contribution in [-0.2, 0) is 13.1 Å². The zero-order valence-corrected chi connectivity index (χ0v) is 13.0. The second kappa shape index (κ2) is 7.64. The summed E-state index contributed by atoms with van der Waals surface area (Å²) < 4.78 is 0. The Morgan fingerprint density at radius 3 is 2.57 bits per heavy atom. The van der Waals surface area contributed by atoms with Gasteiger partial charge in [-0.2, -0.15) is 0 Å². The normalized spacial score (nSPS) is 11.3. The smallest absolute Gasteiger partial charge is 0.191 e. The van der Waals surface area contributed by atoms with E-state index in [9.17, 15) is 0 Å². The van der Waals surface area contributed by atoms with Crippen molar-refractivity contribution >= 4 is 17.6 Å². The molecule has 0 unspecified atom stereocenters. The van der Waals surface area contributed by atoms with E-state index < -0.39 is 0 Å². The van der Waals surface area contributed by atoms with E-state index in [1.54, 1.807) is 19.3 Å². The molecule has 0 spiro atoms. The Morgan fingerprint density at radius 2 is 1.90 bits per heavy atom. The van der Waals surface area contributed by atoms with Crippen LogP contribution in [0.5, 0.6) is 0 Å². The number of hydrogen-bond donors (Lipinski definition) is 2. The largest absolute Gasteiger partial charge is 0.352 e. The molecule has 0 atom stereocenters. The number of pyridine rings is 1. The summed E-state index contributed by atoms with van der Waals surface area (Å²) >= 11 is 5.77. The fourth-order valence-electron chi connectivity index (χ4n) is 1.90. The standard InChI is InChI=1S/C16H19ClN4/c1-12-5-3-4-6-14(12)11-21-16(18-2)20-10-13-7-8-15(17)19-9-13/h3-9H,10-11H2,1-2H3,(H2,18,20,21). The van der Waals surface area contributed by atoms with Gasteiger partial charge in [0.2, 0.25) is 0 Å². The summed E-state index contributed by atoms with van der Waals surface area (Å²) in [6.07, 6.45) is 1.75. The molecule has 0 bridgehead atoms. The molecule has 0 aliphatic rings. The van der Waals surface area contributed by atoms with Crippen molar-refractivity contribution in [1.82, 2.24) is 15.6 Å². The van der Waals surface area contributed by atoms with Crippen LogP contribution < -0.4 is 10.6 Å². The van der Waals surface area contributed by atoms with Crippen LogP contribution in [-0.4, -0.2) is 18.0 Å². The number of rotatable bonds is 4. The Bertz CT molecular complexity index is 608. The highest BCUT2D eigenvalue weighted by Crippen LogP contribution is 2.06. The molecule has 2 aromatic rings. The topological polar surface area (TPSA) is 49.3 Å². The minimum Gasteiger partial charge on any atom is -0.352 e. The van der Waals surface area contributed by atoms with Gasteiger partial charge < -0.3 is 10.6 Å². The molecule has 5 heteroatoms. The SMILES string of the molecule is CN=C(NCc1ccc(Cl)nc1)NCc1ccccc1C. The highest BCUT2D eigenvalue weighted by Gasteiger charge is 2.01. The maximum Gasteiger partial charge on any atom is 0.191 e. The molecule has 0 saturated carbocycles. The summed E-state index contributed by atoms with van der Waals surface area (Å²) in [6, 6.07) is 12.0. The van der Waals surface area contributed by atoms with E-state index in [1.165, 1.54) is 11.1 Å². The fourth-order valence-corrected chi connectivity index (χ4v) is 2.02. The number of halogens is 1. The van der Waals surface area contributed by atoms with Crippen LogP contribution in [0.25, 0.3) is 0 Å². The van der Waals surface area contributed by atoms with E-state index in [0.29, 0.717) is 11.7 Å². The molecular weight excluding hydrogens is 284 g/mol. The molecule has 0 aliphatic carbocycles. The first-order valence-corrected chi connectivity index (χ1v) is 7.16. The lowest BCUT2D eigenvalue weighted by molar-refractivity contribution is 0.804. The minimum absolute atomic E-state index is 0.501. The van der Waals surface area contributed by atoms with Crippen molar-refractivity contribution in [2.45, 2.75) is 20.0 Å². The molecule has 1 heterocycles. The molecular formula is C16H19ClN4. The highest BCUT2D eigenvalue weighted by atomic mass is 35.5. The van der Waals surface area contributed by atoms with Gasteiger partial charge in [0.05, 0.1) is 0 Å². The molecule has 0 radical (unpaired) electrons. The van der Waals surface area contributed by atoms with E-state index in [1.807, 2.05) is 18.2 Å². The van der Waals surface area contributed by atoms with E-state index in [0.717, 1.165) is 18.1 Å². The maximum atomic E-state index is 5.77. The Hall–Kier alpha value is -2.07. The molecule has 0 aliphatic heterocycles. The van der Waals surface area contributed by atoms with Crippen molar-refractivity contribution in [3.8, 4) is 0 Å². The van der Waals surface area contributed by atoms with Gasteiger partial charge in [-0.1, -0.05) is 41.9 Å². The van der Waals surface area contributed by atoms with Crippen LogP contribution in [0, 0.1) is 6.92 Å². The van der Waals surface area contributed by atoms with Crippen LogP contribution in [0.1, 0.15) is 16.7 Å². The number of hydrogen-bond acceptors (Lipinski definition) is 2. The second-order valence-corrected chi connectivity index (χ2v) is 5.08. The molecule has 21 heavy (non-hydrogen) atoms.